The van der Waals surface area contributed by atoms with Gasteiger partial charge < -0.3 is 14.5 Å². The first-order chi connectivity index (χ1) is 13.6. The van der Waals surface area contributed by atoms with Crippen molar-refractivity contribution in [1.29, 1.82) is 0 Å². The van der Waals surface area contributed by atoms with Gasteiger partial charge in [-0.3, -0.25) is 9.48 Å². The van der Waals surface area contributed by atoms with Crippen LogP contribution in [0.15, 0.2) is 24.5 Å². The van der Waals surface area contributed by atoms with Gasteiger partial charge in [0.1, 0.15) is 6.67 Å². The number of carbonyl (C=O) groups excluding carboxylic acids is 1. The largest absolute Gasteiger partial charge is 0.378 e. The van der Waals surface area contributed by atoms with Crippen LogP contribution in [0.25, 0.3) is 16.9 Å². The average Bonchev–Trinajstić information content (AvgIpc) is 3.31. The number of amides is 1. The highest BCUT2D eigenvalue weighted by atomic mass is 19.1. The summed E-state index contributed by atoms with van der Waals surface area (Å²) in [6.45, 7) is 2.28. The number of hydrogen-bond donors (Lipinski definition) is 0. The molecule has 1 amide bonds. The lowest BCUT2D eigenvalue weighted by atomic mass is 10.1. The molecule has 9 nitrogen and oxygen atoms in total. The third-order valence-corrected chi connectivity index (χ3v) is 4.83. The number of halogens is 1. The van der Waals surface area contributed by atoms with Crippen molar-refractivity contribution < 1.29 is 13.9 Å². The summed E-state index contributed by atoms with van der Waals surface area (Å²) in [5, 5.41) is 8.75. The molecular weight excluding hydrogens is 365 g/mol. The van der Waals surface area contributed by atoms with Crippen molar-refractivity contribution in [2.75, 3.05) is 51.5 Å². The smallest absolute Gasteiger partial charge is 0.257 e. The molecule has 3 aromatic rings. The number of hydrogen-bond acceptors (Lipinski definition) is 6. The Morgan fingerprint density at radius 3 is 2.89 bits per heavy atom. The van der Waals surface area contributed by atoms with Crippen molar-refractivity contribution in [3.05, 3.63) is 30.1 Å². The quantitative estimate of drug-likeness (QED) is 0.650. The van der Waals surface area contributed by atoms with Gasteiger partial charge in [0.2, 0.25) is 5.95 Å². The Bertz CT molecular complexity index is 993. The molecule has 1 aliphatic rings. The van der Waals surface area contributed by atoms with Gasteiger partial charge in [-0.2, -0.15) is 10.1 Å². The summed E-state index contributed by atoms with van der Waals surface area (Å²) in [5.41, 5.74) is 2.56. The number of morpholine rings is 1. The maximum atomic E-state index is 12.7. The van der Waals surface area contributed by atoms with E-state index in [0.717, 1.165) is 18.7 Å². The molecular formula is C18H22FN7O2. The van der Waals surface area contributed by atoms with Crippen molar-refractivity contribution in [1.82, 2.24) is 29.3 Å². The molecule has 0 bridgehead atoms. The zero-order valence-electron chi connectivity index (χ0n) is 15.9. The molecule has 4 rings (SSSR count). The van der Waals surface area contributed by atoms with Crippen molar-refractivity contribution in [2.45, 2.75) is 0 Å². The van der Waals surface area contributed by atoms with E-state index in [4.69, 9.17) is 4.74 Å². The zero-order chi connectivity index (χ0) is 19.7. The Hall–Kier alpha value is -3.01. The van der Waals surface area contributed by atoms with Crippen LogP contribution in [0.2, 0.25) is 0 Å². The third kappa shape index (κ3) is 3.31. The van der Waals surface area contributed by atoms with E-state index in [2.05, 4.69) is 20.1 Å². The van der Waals surface area contributed by atoms with Crippen molar-refractivity contribution in [3.8, 4) is 11.3 Å². The molecule has 0 aliphatic carbocycles. The SMILES string of the molecule is CN(CCF)C(=O)c1cnn(C)c1-c1ccn2nc(N3CCOCC3)nc2c1. The summed E-state index contributed by atoms with van der Waals surface area (Å²) in [6, 6.07) is 3.74. The first-order valence-electron chi connectivity index (χ1n) is 9.11. The molecule has 0 atom stereocenters. The molecule has 4 heterocycles. The number of alkyl halides is 1. The molecule has 0 N–H and O–H groups in total. The lowest BCUT2D eigenvalue weighted by molar-refractivity contribution is 0.0787. The number of fused-ring (bicyclic) bond motifs is 1. The van der Waals surface area contributed by atoms with Gasteiger partial charge in [0.15, 0.2) is 5.65 Å². The Labute approximate surface area is 161 Å². The van der Waals surface area contributed by atoms with E-state index in [-0.39, 0.29) is 12.5 Å². The number of ether oxygens (including phenoxy) is 1. The van der Waals surface area contributed by atoms with Crippen LogP contribution in [0, 0.1) is 0 Å². The van der Waals surface area contributed by atoms with Crippen molar-refractivity contribution >= 4 is 17.5 Å². The number of aromatic nitrogens is 5. The number of carbonyl (C=O) groups is 1. The Morgan fingerprint density at radius 1 is 1.36 bits per heavy atom. The highest BCUT2D eigenvalue weighted by Gasteiger charge is 2.22. The van der Waals surface area contributed by atoms with Gasteiger partial charge in [-0.15, -0.1) is 5.10 Å². The molecule has 0 spiro atoms. The fourth-order valence-corrected chi connectivity index (χ4v) is 3.28. The van der Waals surface area contributed by atoms with E-state index >= 15 is 0 Å². The van der Waals surface area contributed by atoms with Gasteiger partial charge in [-0.25, -0.2) is 8.91 Å². The fraction of sp³-hybridized carbons (Fsp3) is 0.444. The summed E-state index contributed by atoms with van der Waals surface area (Å²) in [7, 11) is 3.35. The van der Waals surface area contributed by atoms with Gasteiger partial charge >= 0.3 is 0 Å². The van der Waals surface area contributed by atoms with Gasteiger partial charge in [0.05, 0.1) is 30.7 Å². The number of pyridine rings is 1. The standard InChI is InChI=1S/C18H22FN7O2/c1-23(6-4-19)17(27)14-12-20-24(2)16(14)13-3-5-26-15(11-13)21-18(22-26)25-7-9-28-10-8-25/h3,5,11-12H,4,6-10H2,1-2H3. The van der Waals surface area contributed by atoms with E-state index in [1.165, 1.54) is 11.1 Å². The average molecular weight is 387 g/mol. The summed E-state index contributed by atoms with van der Waals surface area (Å²) in [4.78, 5) is 20.7. The molecule has 0 unspecified atom stereocenters. The third-order valence-electron chi connectivity index (χ3n) is 4.83. The van der Waals surface area contributed by atoms with Crippen molar-refractivity contribution in [3.63, 3.8) is 0 Å². The van der Waals surface area contributed by atoms with E-state index in [1.807, 2.05) is 18.3 Å². The van der Waals surface area contributed by atoms with Crippen molar-refractivity contribution in [2.24, 2.45) is 7.05 Å². The molecule has 1 saturated heterocycles. The second-order valence-corrected chi connectivity index (χ2v) is 6.68. The van der Waals surface area contributed by atoms with Gasteiger partial charge in [-0.1, -0.05) is 0 Å². The second kappa shape index (κ2) is 7.55. The van der Waals surface area contributed by atoms with Crippen LogP contribution < -0.4 is 4.90 Å². The number of anilines is 1. The van der Waals surface area contributed by atoms with Crippen LogP contribution in [0.3, 0.4) is 0 Å². The molecule has 1 aliphatic heterocycles. The molecule has 0 radical (unpaired) electrons. The van der Waals surface area contributed by atoms with E-state index in [1.54, 1.807) is 23.3 Å². The Kier molecular flexibility index (Phi) is 4.95. The van der Waals surface area contributed by atoms with Gasteiger partial charge in [0, 0.05) is 45.5 Å². The Morgan fingerprint density at radius 2 is 2.14 bits per heavy atom. The number of rotatable bonds is 5. The summed E-state index contributed by atoms with van der Waals surface area (Å²) < 4.78 is 21.4. The predicted octanol–water partition coefficient (Wildman–Crippen LogP) is 1.01. The number of nitrogens with zero attached hydrogens (tertiary/aromatic N) is 7. The van der Waals surface area contributed by atoms with E-state index in [9.17, 15) is 9.18 Å². The van der Waals surface area contributed by atoms with Gasteiger partial charge in [0.25, 0.3) is 5.91 Å². The monoisotopic (exact) mass is 387 g/mol. The Balaban J connectivity index is 1.69. The topological polar surface area (TPSA) is 80.8 Å². The van der Waals surface area contributed by atoms with Crippen LogP contribution in [0.1, 0.15) is 10.4 Å². The van der Waals surface area contributed by atoms with Crippen LogP contribution in [0.4, 0.5) is 10.3 Å². The van der Waals surface area contributed by atoms with Gasteiger partial charge in [-0.05, 0) is 12.1 Å². The maximum absolute atomic E-state index is 12.7. The minimum atomic E-state index is -0.589. The fourth-order valence-electron chi connectivity index (χ4n) is 3.28. The summed E-state index contributed by atoms with van der Waals surface area (Å²) >= 11 is 0. The molecule has 10 heteroatoms. The van der Waals surface area contributed by atoms with E-state index in [0.29, 0.717) is 36.1 Å². The first kappa shape index (κ1) is 18.4. The highest BCUT2D eigenvalue weighted by Crippen LogP contribution is 2.25. The predicted molar refractivity (Wildman–Crippen MR) is 101 cm³/mol. The molecule has 0 aromatic carbocycles. The minimum Gasteiger partial charge on any atom is -0.378 e. The normalized spacial score (nSPS) is 14.6. The van der Waals surface area contributed by atoms with Crippen LogP contribution in [0.5, 0.6) is 0 Å². The highest BCUT2D eigenvalue weighted by molar-refractivity contribution is 6.00. The molecule has 0 saturated carbocycles. The first-order valence-corrected chi connectivity index (χ1v) is 9.11. The zero-order valence-corrected chi connectivity index (χ0v) is 15.9. The van der Waals surface area contributed by atoms with Crippen LogP contribution in [-0.4, -0.2) is 81.8 Å². The second-order valence-electron chi connectivity index (χ2n) is 6.68. The maximum Gasteiger partial charge on any atom is 0.257 e. The number of aryl methyl sites for hydroxylation is 1. The van der Waals surface area contributed by atoms with Crippen LogP contribution in [-0.2, 0) is 11.8 Å². The minimum absolute atomic E-state index is 0.0410. The molecule has 1 fully saturated rings. The summed E-state index contributed by atoms with van der Waals surface area (Å²) in [5.74, 6) is 0.389. The molecule has 148 valence electrons. The van der Waals surface area contributed by atoms with E-state index < -0.39 is 6.67 Å². The molecule has 28 heavy (non-hydrogen) atoms. The lowest BCUT2D eigenvalue weighted by Crippen LogP contribution is -2.36. The molecule has 3 aromatic heterocycles. The van der Waals surface area contributed by atoms with Crippen LogP contribution >= 0.6 is 0 Å². The summed E-state index contributed by atoms with van der Waals surface area (Å²) in [6.07, 6.45) is 3.33. The lowest BCUT2D eigenvalue weighted by Gasteiger charge is -2.25.